The van der Waals surface area contributed by atoms with Gasteiger partial charge in [-0.25, -0.2) is 14.4 Å². The van der Waals surface area contributed by atoms with Gasteiger partial charge in [0.1, 0.15) is 18.0 Å². The Labute approximate surface area is 213 Å². The monoisotopic (exact) mass is 501 g/mol. The Kier molecular flexibility index (Phi) is 6.93. The zero-order valence-electron chi connectivity index (χ0n) is 19.7. The Bertz CT molecular complexity index is 1460. The van der Waals surface area contributed by atoms with Crippen molar-refractivity contribution in [3.63, 3.8) is 0 Å². The van der Waals surface area contributed by atoms with E-state index < -0.39 is 5.82 Å². The van der Waals surface area contributed by atoms with Crippen LogP contribution in [0.15, 0.2) is 79.1 Å². The highest BCUT2D eigenvalue weighted by molar-refractivity contribution is 6.31. The van der Waals surface area contributed by atoms with Crippen molar-refractivity contribution in [1.82, 2.24) is 14.9 Å². The van der Waals surface area contributed by atoms with Gasteiger partial charge in [-0.2, -0.15) is 0 Å². The lowest BCUT2D eigenvalue weighted by Crippen LogP contribution is -2.23. The van der Waals surface area contributed by atoms with Crippen molar-refractivity contribution < 1.29 is 9.18 Å². The smallest absolute Gasteiger partial charge is 0.248 e. The van der Waals surface area contributed by atoms with E-state index in [1.807, 2.05) is 36.4 Å². The lowest BCUT2D eigenvalue weighted by molar-refractivity contribution is -0.111. The molecule has 2 N–H and O–H groups in total. The Morgan fingerprint density at radius 1 is 1.11 bits per heavy atom. The topological polar surface area (TPSA) is 70.2 Å². The summed E-state index contributed by atoms with van der Waals surface area (Å²) >= 11 is 6.33. The summed E-state index contributed by atoms with van der Waals surface area (Å²) in [6.07, 6.45) is 7.10. The second-order valence-corrected chi connectivity index (χ2v) is 9.19. The van der Waals surface area contributed by atoms with Gasteiger partial charge in [0.05, 0.1) is 16.6 Å². The van der Waals surface area contributed by atoms with Gasteiger partial charge in [-0.1, -0.05) is 41.9 Å². The van der Waals surface area contributed by atoms with Gasteiger partial charge < -0.3 is 10.6 Å². The number of likely N-dealkylation sites (tertiary alicyclic amines) is 1. The number of hydrogen-bond acceptors (Lipinski definition) is 5. The van der Waals surface area contributed by atoms with E-state index in [-0.39, 0.29) is 17.6 Å². The molecule has 6 nitrogen and oxygen atoms in total. The fraction of sp³-hybridized carbons (Fsp3) is 0.179. The Hall–Kier alpha value is -3.81. The molecule has 1 aliphatic heterocycles. The van der Waals surface area contributed by atoms with Crippen LogP contribution < -0.4 is 10.6 Å². The third kappa shape index (κ3) is 5.08. The first kappa shape index (κ1) is 23.9. The zero-order chi connectivity index (χ0) is 25.1. The molecule has 1 aliphatic rings. The number of hydrogen-bond donors (Lipinski definition) is 2. The number of halogens is 2. The summed E-state index contributed by atoms with van der Waals surface area (Å²) < 4.78 is 14.5. The van der Waals surface area contributed by atoms with Crippen molar-refractivity contribution in [2.24, 2.45) is 0 Å². The molecule has 0 spiro atoms. The fourth-order valence-corrected chi connectivity index (χ4v) is 4.73. The molecule has 0 aliphatic carbocycles. The van der Waals surface area contributed by atoms with Crippen LogP contribution in [0.3, 0.4) is 0 Å². The molecule has 5 rings (SSSR count). The van der Waals surface area contributed by atoms with Crippen LogP contribution >= 0.6 is 11.6 Å². The second-order valence-electron chi connectivity index (χ2n) is 8.76. The van der Waals surface area contributed by atoms with E-state index in [1.165, 1.54) is 12.4 Å². The van der Waals surface area contributed by atoms with Crippen LogP contribution in [0.5, 0.6) is 0 Å². The number of benzene rings is 3. The number of anilines is 3. The van der Waals surface area contributed by atoms with Crippen molar-refractivity contribution >= 4 is 45.6 Å². The van der Waals surface area contributed by atoms with Gasteiger partial charge in [0.2, 0.25) is 5.91 Å². The molecule has 4 aromatic rings. The molecule has 2 heterocycles. The van der Waals surface area contributed by atoms with E-state index in [4.69, 9.17) is 11.6 Å². The Morgan fingerprint density at radius 3 is 2.75 bits per heavy atom. The van der Waals surface area contributed by atoms with Gasteiger partial charge in [-0.05, 0) is 68.4 Å². The molecule has 1 fully saturated rings. The van der Waals surface area contributed by atoms with Crippen LogP contribution in [0.1, 0.15) is 12.8 Å². The van der Waals surface area contributed by atoms with E-state index in [9.17, 15) is 9.18 Å². The SMILES string of the molecule is CN1CCCC1C=CC(=O)Nc1ccc2ncnc(Nc3ccccc3F)c2c1-c1cccc(Cl)c1. The molecule has 3 aromatic carbocycles. The standard InChI is InChI=1S/C28H25ClFN5O/c1-35-15-5-8-20(35)11-14-25(36)33-24-13-12-23-27(26(24)18-6-4-7-19(29)16-18)28(32-17-31-23)34-22-10-3-2-9-21(22)30/h2-4,6-7,9-14,16-17,20H,5,8,15H2,1H3,(H,33,36)(H,31,32,34). The van der Waals surface area contributed by atoms with Crippen molar-refractivity contribution in [1.29, 1.82) is 0 Å². The van der Waals surface area contributed by atoms with Crippen LogP contribution in [0.4, 0.5) is 21.6 Å². The van der Waals surface area contributed by atoms with Crippen molar-refractivity contribution in [3.8, 4) is 11.1 Å². The van der Waals surface area contributed by atoms with Crippen LogP contribution in [0.25, 0.3) is 22.0 Å². The largest absolute Gasteiger partial charge is 0.337 e. The number of fused-ring (bicyclic) bond motifs is 1. The minimum atomic E-state index is -0.403. The van der Waals surface area contributed by atoms with Gasteiger partial charge in [-0.15, -0.1) is 0 Å². The maximum absolute atomic E-state index is 14.5. The fourth-order valence-electron chi connectivity index (χ4n) is 4.54. The number of amides is 1. The summed E-state index contributed by atoms with van der Waals surface area (Å²) in [4.78, 5) is 24.0. The van der Waals surface area contributed by atoms with Crippen LogP contribution in [0.2, 0.25) is 5.02 Å². The average molecular weight is 502 g/mol. The predicted octanol–water partition coefficient (Wildman–Crippen LogP) is 6.42. The molecule has 1 amide bonds. The van der Waals surface area contributed by atoms with Gasteiger partial charge in [0.25, 0.3) is 0 Å². The van der Waals surface area contributed by atoms with E-state index in [1.54, 1.807) is 30.3 Å². The minimum Gasteiger partial charge on any atom is -0.337 e. The van der Waals surface area contributed by atoms with E-state index in [0.29, 0.717) is 33.0 Å². The zero-order valence-corrected chi connectivity index (χ0v) is 20.5. The summed E-state index contributed by atoms with van der Waals surface area (Å²) in [7, 11) is 2.06. The molecule has 1 aromatic heterocycles. The number of likely N-dealkylation sites (N-methyl/N-ethyl adjacent to an activating group) is 1. The summed E-state index contributed by atoms with van der Waals surface area (Å²) in [6.45, 7) is 1.03. The molecule has 8 heteroatoms. The highest BCUT2D eigenvalue weighted by Gasteiger charge is 2.20. The van der Waals surface area contributed by atoms with E-state index >= 15 is 0 Å². The maximum atomic E-state index is 14.5. The highest BCUT2D eigenvalue weighted by atomic mass is 35.5. The highest BCUT2D eigenvalue weighted by Crippen LogP contribution is 2.39. The van der Waals surface area contributed by atoms with Crippen molar-refractivity contribution in [3.05, 3.63) is 90.0 Å². The first-order valence-electron chi connectivity index (χ1n) is 11.7. The third-order valence-corrected chi connectivity index (χ3v) is 6.58. The second kappa shape index (κ2) is 10.4. The number of aromatic nitrogens is 2. The molecule has 0 saturated carbocycles. The van der Waals surface area contributed by atoms with Gasteiger partial charge in [-0.3, -0.25) is 9.69 Å². The van der Waals surface area contributed by atoms with Crippen molar-refractivity contribution in [2.75, 3.05) is 24.2 Å². The molecule has 182 valence electrons. The van der Waals surface area contributed by atoms with Gasteiger partial charge >= 0.3 is 0 Å². The lowest BCUT2D eigenvalue weighted by atomic mass is 9.98. The maximum Gasteiger partial charge on any atom is 0.248 e. The molecular weight excluding hydrogens is 477 g/mol. The number of carbonyl (C=O) groups excluding carboxylic acids is 1. The molecular formula is C28H25ClFN5O. The van der Waals surface area contributed by atoms with Gasteiger partial charge in [0.15, 0.2) is 0 Å². The Balaban J connectivity index is 1.60. The quantitative estimate of drug-likeness (QED) is 0.298. The number of para-hydroxylation sites is 1. The van der Waals surface area contributed by atoms with Crippen LogP contribution in [-0.4, -0.2) is 40.4 Å². The van der Waals surface area contributed by atoms with Crippen LogP contribution in [-0.2, 0) is 4.79 Å². The number of rotatable bonds is 6. The first-order chi connectivity index (χ1) is 17.5. The van der Waals surface area contributed by atoms with Gasteiger partial charge in [0, 0.05) is 28.4 Å². The molecule has 1 atom stereocenters. The molecule has 1 unspecified atom stereocenters. The molecule has 1 saturated heterocycles. The number of nitrogens with one attached hydrogen (secondary N) is 2. The Morgan fingerprint density at radius 2 is 1.97 bits per heavy atom. The average Bonchev–Trinajstić information content (AvgIpc) is 3.29. The first-order valence-corrected chi connectivity index (χ1v) is 12.1. The van der Waals surface area contributed by atoms with E-state index in [2.05, 4.69) is 32.5 Å². The van der Waals surface area contributed by atoms with Crippen LogP contribution in [0, 0.1) is 5.82 Å². The summed E-state index contributed by atoms with van der Waals surface area (Å²) in [5.74, 6) is -0.224. The number of nitrogens with zero attached hydrogens (tertiary/aromatic N) is 3. The molecule has 0 radical (unpaired) electrons. The lowest BCUT2D eigenvalue weighted by Gasteiger charge is -2.17. The summed E-state index contributed by atoms with van der Waals surface area (Å²) in [6, 6.07) is 17.6. The normalized spacial score (nSPS) is 16.0. The van der Waals surface area contributed by atoms with E-state index in [0.717, 1.165) is 24.9 Å². The minimum absolute atomic E-state index is 0.238. The molecule has 36 heavy (non-hydrogen) atoms. The summed E-state index contributed by atoms with van der Waals surface area (Å²) in [5.41, 5.74) is 2.96. The molecule has 0 bridgehead atoms. The number of carbonyl (C=O) groups is 1. The third-order valence-electron chi connectivity index (χ3n) is 6.35. The predicted molar refractivity (Wildman–Crippen MR) is 143 cm³/mol. The van der Waals surface area contributed by atoms with Crippen molar-refractivity contribution in [2.45, 2.75) is 18.9 Å². The summed E-state index contributed by atoms with van der Waals surface area (Å²) in [5, 5.41) is 7.30.